The predicted octanol–water partition coefficient (Wildman–Crippen LogP) is 3.50. The lowest BCUT2D eigenvalue weighted by Gasteiger charge is -2.39. The Labute approximate surface area is 145 Å². The van der Waals surface area contributed by atoms with Crippen molar-refractivity contribution in [2.45, 2.75) is 52.7 Å². The molecule has 0 saturated carbocycles. The fourth-order valence-electron chi connectivity index (χ4n) is 2.51. The average Bonchev–Trinajstić information content (AvgIpc) is 3.00. The van der Waals surface area contributed by atoms with E-state index < -0.39 is 0 Å². The Morgan fingerprint density at radius 3 is 2.79 bits per heavy atom. The monoisotopic (exact) mass is 340 g/mol. The van der Waals surface area contributed by atoms with Gasteiger partial charge >= 0.3 is 0 Å². The Morgan fingerprint density at radius 2 is 2.21 bits per heavy atom. The van der Waals surface area contributed by atoms with Crippen LogP contribution in [0.3, 0.4) is 0 Å². The van der Waals surface area contributed by atoms with Crippen LogP contribution in [0, 0.1) is 17.8 Å². The molecule has 1 N–H and O–H groups in total. The molecule has 0 amide bonds. The summed E-state index contributed by atoms with van der Waals surface area (Å²) in [7, 11) is 0. The van der Waals surface area contributed by atoms with Crippen molar-refractivity contribution in [3.05, 3.63) is 12.7 Å². The molecule has 6 heteroatoms. The molecule has 6 nitrogen and oxygen atoms in total. The molecule has 0 aromatic rings. The molecule has 0 bridgehead atoms. The van der Waals surface area contributed by atoms with Crippen molar-refractivity contribution < 1.29 is 19.5 Å². The van der Waals surface area contributed by atoms with Gasteiger partial charge in [0.05, 0.1) is 36.3 Å². The Morgan fingerprint density at radius 1 is 1.54 bits per heavy atom. The van der Waals surface area contributed by atoms with Gasteiger partial charge in [0.25, 0.3) is 0 Å². The van der Waals surface area contributed by atoms with Crippen molar-refractivity contribution in [3.63, 3.8) is 0 Å². The summed E-state index contributed by atoms with van der Waals surface area (Å²) in [4.78, 5) is 5.06. The molecule has 2 rings (SSSR count). The zero-order chi connectivity index (χ0) is 18.4. The SMILES string of the molecule is C=CC(C)C(C)(C)OCC=NO.CC1C2CON=C2COC1(C)C. The van der Waals surface area contributed by atoms with Gasteiger partial charge < -0.3 is 19.5 Å². The first-order valence-corrected chi connectivity index (χ1v) is 8.40. The van der Waals surface area contributed by atoms with E-state index in [1.54, 1.807) is 0 Å². The zero-order valence-electron chi connectivity index (χ0n) is 15.8. The first-order chi connectivity index (χ1) is 11.2. The summed E-state index contributed by atoms with van der Waals surface area (Å²) in [6.07, 6.45) is 3.16. The van der Waals surface area contributed by atoms with Gasteiger partial charge in [0, 0.05) is 11.8 Å². The lowest BCUT2D eigenvalue weighted by atomic mass is 9.77. The second-order valence-corrected chi connectivity index (χ2v) is 7.40. The van der Waals surface area contributed by atoms with Crippen molar-refractivity contribution in [2.75, 3.05) is 19.8 Å². The number of hydrogen-bond donors (Lipinski definition) is 1. The van der Waals surface area contributed by atoms with Crippen LogP contribution in [-0.2, 0) is 14.3 Å². The van der Waals surface area contributed by atoms with Crippen molar-refractivity contribution in [1.29, 1.82) is 0 Å². The summed E-state index contributed by atoms with van der Waals surface area (Å²) in [6.45, 7) is 17.8. The highest BCUT2D eigenvalue weighted by atomic mass is 16.6. The van der Waals surface area contributed by atoms with Gasteiger partial charge in [-0.15, -0.1) is 6.58 Å². The molecule has 2 aliphatic heterocycles. The van der Waals surface area contributed by atoms with Crippen LogP contribution < -0.4 is 0 Å². The third kappa shape index (κ3) is 5.31. The molecule has 0 aromatic heterocycles. The lowest BCUT2D eigenvalue weighted by Crippen LogP contribution is -2.47. The molecule has 24 heavy (non-hydrogen) atoms. The fourth-order valence-corrected chi connectivity index (χ4v) is 2.51. The largest absolute Gasteiger partial charge is 0.411 e. The molecule has 2 heterocycles. The molecular weight excluding hydrogens is 308 g/mol. The molecule has 0 aromatic carbocycles. The van der Waals surface area contributed by atoms with E-state index in [1.807, 2.05) is 26.8 Å². The van der Waals surface area contributed by atoms with Gasteiger partial charge in [-0.3, -0.25) is 0 Å². The van der Waals surface area contributed by atoms with Crippen LogP contribution in [0.15, 0.2) is 23.0 Å². The van der Waals surface area contributed by atoms with E-state index in [-0.39, 0.29) is 17.1 Å². The first kappa shape index (κ1) is 20.6. The zero-order valence-corrected chi connectivity index (χ0v) is 15.8. The molecule has 1 saturated heterocycles. The van der Waals surface area contributed by atoms with E-state index in [1.165, 1.54) is 6.21 Å². The fraction of sp³-hybridized carbons (Fsp3) is 0.778. The molecule has 0 spiro atoms. The highest BCUT2D eigenvalue weighted by Gasteiger charge is 2.43. The number of hydrogen-bond acceptors (Lipinski definition) is 6. The van der Waals surface area contributed by atoms with Gasteiger partial charge in [0.15, 0.2) is 0 Å². The molecular formula is C18H32N2O4. The second kappa shape index (κ2) is 8.62. The predicted molar refractivity (Wildman–Crippen MR) is 95.7 cm³/mol. The van der Waals surface area contributed by atoms with Crippen LogP contribution >= 0.6 is 0 Å². The molecule has 0 radical (unpaired) electrons. The minimum Gasteiger partial charge on any atom is -0.411 e. The van der Waals surface area contributed by atoms with Crippen LogP contribution in [0.5, 0.6) is 0 Å². The summed E-state index contributed by atoms with van der Waals surface area (Å²) >= 11 is 0. The van der Waals surface area contributed by atoms with E-state index in [0.717, 1.165) is 12.3 Å². The number of nitrogens with zero attached hydrogens (tertiary/aromatic N) is 2. The Bertz CT molecular complexity index is 472. The topological polar surface area (TPSA) is 72.6 Å². The molecule has 2 aliphatic rings. The lowest BCUT2D eigenvalue weighted by molar-refractivity contribution is -0.0674. The smallest absolute Gasteiger partial charge is 0.125 e. The van der Waals surface area contributed by atoms with E-state index in [9.17, 15) is 0 Å². The normalized spacial score (nSPS) is 26.7. The molecule has 3 unspecified atom stereocenters. The second-order valence-electron chi connectivity index (χ2n) is 7.40. The molecule has 138 valence electrons. The van der Waals surface area contributed by atoms with Gasteiger partial charge in [-0.1, -0.05) is 30.2 Å². The van der Waals surface area contributed by atoms with E-state index in [4.69, 9.17) is 19.5 Å². The van der Waals surface area contributed by atoms with Crippen LogP contribution in [0.2, 0.25) is 0 Å². The first-order valence-electron chi connectivity index (χ1n) is 8.40. The average molecular weight is 340 g/mol. The van der Waals surface area contributed by atoms with Gasteiger partial charge in [0.2, 0.25) is 0 Å². The minimum atomic E-state index is -0.261. The Kier molecular flexibility index (Phi) is 7.42. The summed E-state index contributed by atoms with van der Waals surface area (Å²) in [5, 5.41) is 14.9. The number of fused-ring (bicyclic) bond motifs is 1. The van der Waals surface area contributed by atoms with Crippen molar-refractivity contribution in [1.82, 2.24) is 0 Å². The standard InChI is InChI=1S/C9H15NO2.C9H17NO2/c1-6-7-4-12-10-8(7)5-11-9(6,2)3;1-5-8(2)9(3,4)12-7-6-10-11/h6-7H,4-5H2,1-3H3;5-6,8,11H,1,7H2,2-4H3. The third-order valence-electron chi connectivity index (χ3n) is 5.22. The maximum absolute atomic E-state index is 8.13. The van der Waals surface area contributed by atoms with Gasteiger partial charge in [-0.25, -0.2) is 0 Å². The molecule has 3 atom stereocenters. The number of ether oxygens (including phenoxy) is 2. The highest BCUT2D eigenvalue weighted by Crippen LogP contribution is 2.35. The van der Waals surface area contributed by atoms with Gasteiger partial charge in [-0.05, 0) is 33.6 Å². The van der Waals surface area contributed by atoms with E-state index in [0.29, 0.717) is 25.0 Å². The summed E-state index contributed by atoms with van der Waals surface area (Å²) in [6, 6.07) is 0. The summed E-state index contributed by atoms with van der Waals surface area (Å²) < 4.78 is 11.1. The van der Waals surface area contributed by atoms with Crippen LogP contribution in [0.25, 0.3) is 0 Å². The number of oxime groups is 2. The highest BCUT2D eigenvalue weighted by molar-refractivity contribution is 5.89. The quantitative estimate of drug-likeness (QED) is 0.360. The van der Waals surface area contributed by atoms with Crippen LogP contribution in [-0.4, -0.2) is 48.2 Å². The van der Waals surface area contributed by atoms with Crippen LogP contribution in [0.4, 0.5) is 0 Å². The van der Waals surface area contributed by atoms with E-state index >= 15 is 0 Å². The molecule has 0 aliphatic carbocycles. The maximum atomic E-state index is 8.13. The van der Waals surface area contributed by atoms with Crippen LogP contribution in [0.1, 0.15) is 41.5 Å². The minimum absolute atomic E-state index is 0.0304. The molecule has 1 fully saturated rings. The van der Waals surface area contributed by atoms with Crippen molar-refractivity contribution >= 4 is 11.9 Å². The summed E-state index contributed by atoms with van der Waals surface area (Å²) in [5.74, 6) is 1.24. The van der Waals surface area contributed by atoms with Crippen molar-refractivity contribution in [3.8, 4) is 0 Å². The van der Waals surface area contributed by atoms with Crippen molar-refractivity contribution in [2.24, 2.45) is 28.1 Å². The van der Waals surface area contributed by atoms with E-state index in [2.05, 4.69) is 37.7 Å². The number of rotatable bonds is 5. The Hall–Kier alpha value is -1.40. The maximum Gasteiger partial charge on any atom is 0.125 e. The summed E-state index contributed by atoms with van der Waals surface area (Å²) in [5.41, 5.74) is 0.794. The van der Waals surface area contributed by atoms with Gasteiger partial charge in [-0.2, -0.15) is 0 Å². The third-order valence-corrected chi connectivity index (χ3v) is 5.22. The van der Waals surface area contributed by atoms with Gasteiger partial charge in [0.1, 0.15) is 6.61 Å². The Balaban J connectivity index is 0.000000240.